The molecule has 0 radical (unpaired) electrons. The lowest BCUT2D eigenvalue weighted by atomic mass is 10.1. The van der Waals surface area contributed by atoms with Gasteiger partial charge < -0.3 is 5.32 Å². The van der Waals surface area contributed by atoms with Crippen LogP contribution in [0, 0.1) is 18.6 Å². The molecule has 0 unspecified atom stereocenters. The summed E-state index contributed by atoms with van der Waals surface area (Å²) in [4.78, 5) is 11.3. The number of rotatable bonds is 5. The third-order valence-corrected chi connectivity index (χ3v) is 2.30. The van der Waals surface area contributed by atoms with Crippen LogP contribution >= 0.6 is 0 Å². The zero-order valence-electron chi connectivity index (χ0n) is 9.89. The summed E-state index contributed by atoms with van der Waals surface area (Å²) < 4.78 is 26.6. The van der Waals surface area contributed by atoms with E-state index in [4.69, 9.17) is 0 Å². The van der Waals surface area contributed by atoms with Gasteiger partial charge in [-0.1, -0.05) is 19.1 Å². The van der Waals surface area contributed by atoms with Crippen molar-refractivity contribution in [2.75, 3.05) is 13.1 Å². The fourth-order valence-electron chi connectivity index (χ4n) is 1.28. The lowest BCUT2D eigenvalue weighted by Gasteiger charge is -2.01. The molecule has 1 aromatic rings. The van der Waals surface area contributed by atoms with Crippen molar-refractivity contribution in [1.82, 2.24) is 5.32 Å². The Morgan fingerprint density at radius 3 is 2.71 bits per heavy atom. The molecule has 0 saturated carbocycles. The molecular weight excluding hydrogens is 224 g/mol. The Balaban J connectivity index is 2.78. The van der Waals surface area contributed by atoms with E-state index in [2.05, 4.69) is 5.32 Å². The topological polar surface area (TPSA) is 29.1 Å². The second kappa shape index (κ2) is 6.25. The molecule has 0 spiro atoms. The van der Waals surface area contributed by atoms with E-state index in [1.807, 2.05) is 6.92 Å². The SMILES string of the molecule is CCNCC(=O)/C=C/c1ccc(C)c(F)c1F. The highest BCUT2D eigenvalue weighted by atomic mass is 19.2. The molecule has 0 aliphatic heterocycles. The molecule has 4 heteroatoms. The minimum absolute atomic E-state index is 0.0814. The predicted molar refractivity (Wildman–Crippen MR) is 63.7 cm³/mol. The molecule has 2 nitrogen and oxygen atoms in total. The standard InChI is InChI=1S/C13H15F2NO/c1-3-16-8-11(17)7-6-10-5-4-9(2)12(14)13(10)15/h4-7,16H,3,8H2,1-2H3/b7-6+. The summed E-state index contributed by atoms with van der Waals surface area (Å²) in [5.41, 5.74) is 0.330. The molecular formula is C13H15F2NO. The van der Waals surface area contributed by atoms with E-state index in [-0.39, 0.29) is 23.5 Å². The number of nitrogens with one attached hydrogen (secondary N) is 1. The monoisotopic (exact) mass is 239 g/mol. The molecule has 1 N–H and O–H groups in total. The molecule has 0 atom stereocenters. The number of benzene rings is 1. The first-order valence-corrected chi connectivity index (χ1v) is 5.42. The van der Waals surface area contributed by atoms with Crippen molar-refractivity contribution in [2.24, 2.45) is 0 Å². The van der Waals surface area contributed by atoms with E-state index in [0.29, 0.717) is 6.54 Å². The zero-order valence-corrected chi connectivity index (χ0v) is 9.89. The van der Waals surface area contributed by atoms with E-state index in [9.17, 15) is 13.6 Å². The molecule has 0 bridgehead atoms. The van der Waals surface area contributed by atoms with Crippen LogP contribution in [0.1, 0.15) is 18.1 Å². The van der Waals surface area contributed by atoms with E-state index >= 15 is 0 Å². The Labute approximate surface area is 99.3 Å². The van der Waals surface area contributed by atoms with Crippen LogP contribution < -0.4 is 5.32 Å². The summed E-state index contributed by atoms with van der Waals surface area (Å²) in [5, 5.41) is 2.85. The fraction of sp³-hybridized carbons (Fsp3) is 0.308. The van der Waals surface area contributed by atoms with Crippen LogP contribution in [0.2, 0.25) is 0 Å². The number of hydrogen-bond acceptors (Lipinski definition) is 2. The first-order valence-electron chi connectivity index (χ1n) is 5.42. The number of ketones is 1. The zero-order chi connectivity index (χ0) is 12.8. The largest absolute Gasteiger partial charge is 0.310 e. The van der Waals surface area contributed by atoms with Crippen molar-refractivity contribution < 1.29 is 13.6 Å². The van der Waals surface area contributed by atoms with Gasteiger partial charge in [-0.25, -0.2) is 8.78 Å². The van der Waals surface area contributed by atoms with Gasteiger partial charge in [-0.3, -0.25) is 4.79 Å². The highest BCUT2D eigenvalue weighted by Crippen LogP contribution is 2.16. The predicted octanol–water partition coefficient (Wildman–Crippen LogP) is 2.47. The van der Waals surface area contributed by atoms with Gasteiger partial charge in [0, 0.05) is 5.56 Å². The first kappa shape index (κ1) is 13.5. The number of carbonyl (C=O) groups is 1. The molecule has 1 rings (SSSR count). The van der Waals surface area contributed by atoms with Crippen molar-refractivity contribution in [3.05, 3.63) is 41.0 Å². The van der Waals surface area contributed by atoms with Crippen LogP contribution in [0.3, 0.4) is 0 Å². The van der Waals surface area contributed by atoms with Gasteiger partial charge in [0.2, 0.25) is 0 Å². The highest BCUT2D eigenvalue weighted by Gasteiger charge is 2.08. The lowest BCUT2D eigenvalue weighted by Crippen LogP contribution is -2.20. The van der Waals surface area contributed by atoms with Gasteiger partial charge in [0.1, 0.15) is 0 Å². The van der Waals surface area contributed by atoms with Gasteiger partial charge in [0.25, 0.3) is 0 Å². The Hall–Kier alpha value is -1.55. The quantitative estimate of drug-likeness (QED) is 0.800. The highest BCUT2D eigenvalue weighted by molar-refractivity contribution is 5.95. The maximum absolute atomic E-state index is 13.4. The van der Waals surface area contributed by atoms with Gasteiger partial charge in [-0.05, 0) is 31.2 Å². The normalized spacial score (nSPS) is 11.1. The van der Waals surface area contributed by atoms with Crippen LogP contribution in [0.25, 0.3) is 6.08 Å². The molecule has 0 fully saturated rings. The molecule has 0 aromatic heterocycles. The molecule has 0 amide bonds. The average Bonchev–Trinajstić information content (AvgIpc) is 2.32. The molecule has 1 aromatic carbocycles. The van der Waals surface area contributed by atoms with E-state index in [1.165, 1.54) is 31.2 Å². The second-order valence-corrected chi connectivity index (χ2v) is 3.68. The van der Waals surface area contributed by atoms with Gasteiger partial charge in [0.05, 0.1) is 6.54 Å². The number of likely N-dealkylation sites (N-methyl/N-ethyl adjacent to an activating group) is 1. The summed E-state index contributed by atoms with van der Waals surface area (Å²) in [7, 11) is 0. The van der Waals surface area contributed by atoms with Crippen molar-refractivity contribution in [3.8, 4) is 0 Å². The summed E-state index contributed by atoms with van der Waals surface area (Å²) in [6.07, 6.45) is 2.54. The Morgan fingerprint density at radius 1 is 1.35 bits per heavy atom. The first-order chi connectivity index (χ1) is 8.06. The van der Waals surface area contributed by atoms with Crippen LogP contribution in [0.5, 0.6) is 0 Å². The van der Waals surface area contributed by atoms with Crippen LogP contribution in [0.15, 0.2) is 18.2 Å². The van der Waals surface area contributed by atoms with Gasteiger partial charge in [-0.2, -0.15) is 0 Å². The van der Waals surface area contributed by atoms with Crippen LogP contribution in [0.4, 0.5) is 8.78 Å². The van der Waals surface area contributed by atoms with Crippen LogP contribution in [-0.4, -0.2) is 18.9 Å². The summed E-state index contributed by atoms with van der Waals surface area (Å²) in [5.74, 6) is -1.96. The minimum Gasteiger partial charge on any atom is -0.310 e. The third-order valence-electron chi connectivity index (χ3n) is 2.30. The van der Waals surface area contributed by atoms with Crippen molar-refractivity contribution in [2.45, 2.75) is 13.8 Å². The third kappa shape index (κ3) is 3.75. The lowest BCUT2D eigenvalue weighted by molar-refractivity contribution is -0.113. The van der Waals surface area contributed by atoms with E-state index in [0.717, 1.165) is 0 Å². The molecule has 0 aliphatic rings. The van der Waals surface area contributed by atoms with Crippen LogP contribution in [-0.2, 0) is 4.79 Å². The fourth-order valence-corrected chi connectivity index (χ4v) is 1.28. The second-order valence-electron chi connectivity index (χ2n) is 3.68. The summed E-state index contributed by atoms with van der Waals surface area (Å²) >= 11 is 0. The number of carbonyl (C=O) groups excluding carboxylic acids is 1. The Morgan fingerprint density at radius 2 is 2.06 bits per heavy atom. The summed E-state index contributed by atoms with van der Waals surface area (Å²) in [6.45, 7) is 4.25. The van der Waals surface area contributed by atoms with Gasteiger partial charge in [-0.15, -0.1) is 0 Å². The maximum Gasteiger partial charge on any atom is 0.169 e. The average molecular weight is 239 g/mol. The summed E-state index contributed by atoms with van der Waals surface area (Å²) in [6, 6.07) is 2.93. The minimum atomic E-state index is -0.919. The molecule has 0 heterocycles. The molecule has 0 aliphatic carbocycles. The van der Waals surface area contributed by atoms with Crippen molar-refractivity contribution in [1.29, 1.82) is 0 Å². The number of aryl methyl sites for hydroxylation is 1. The van der Waals surface area contributed by atoms with E-state index < -0.39 is 11.6 Å². The van der Waals surface area contributed by atoms with Crippen molar-refractivity contribution >= 4 is 11.9 Å². The van der Waals surface area contributed by atoms with Gasteiger partial charge >= 0.3 is 0 Å². The number of hydrogen-bond donors (Lipinski definition) is 1. The van der Waals surface area contributed by atoms with E-state index in [1.54, 1.807) is 0 Å². The maximum atomic E-state index is 13.4. The smallest absolute Gasteiger partial charge is 0.169 e. The van der Waals surface area contributed by atoms with Crippen molar-refractivity contribution in [3.63, 3.8) is 0 Å². The molecule has 0 saturated heterocycles. The Kier molecular flexibility index (Phi) is 4.97. The molecule has 92 valence electrons. The Bertz CT molecular complexity index is 441. The molecule has 17 heavy (non-hydrogen) atoms. The van der Waals surface area contributed by atoms with Gasteiger partial charge in [0.15, 0.2) is 17.4 Å². The number of halogens is 2.